The summed E-state index contributed by atoms with van der Waals surface area (Å²) in [6.07, 6.45) is 0.952. The fourth-order valence-corrected chi connectivity index (χ4v) is 1.63. The van der Waals surface area contributed by atoms with Crippen LogP contribution in [0.15, 0.2) is 12.3 Å². The molecule has 1 aliphatic heterocycles. The molecule has 0 bridgehead atoms. The summed E-state index contributed by atoms with van der Waals surface area (Å²) >= 11 is 0. The fourth-order valence-electron chi connectivity index (χ4n) is 1.63. The van der Waals surface area contributed by atoms with Gasteiger partial charge in [0.1, 0.15) is 30.5 Å². The third-order valence-corrected chi connectivity index (χ3v) is 2.58. The van der Waals surface area contributed by atoms with Gasteiger partial charge in [0.2, 0.25) is 5.88 Å². The van der Waals surface area contributed by atoms with E-state index in [1.807, 2.05) is 6.07 Å². The molecular weight excluding hydrogens is 252 g/mol. The second kappa shape index (κ2) is 6.08. The van der Waals surface area contributed by atoms with Crippen LogP contribution < -0.4 is 10.1 Å². The van der Waals surface area contributed by atoms with Crippen LogP contribution in [0.1, 0.15) is 5.56 Å². The van der Waals surface area contributed by atoms with Gasteiger partial charge in [0.05, 0.1) is 11.5 Å². The third kappa shape index (κ3) is 3.37. The summed E-state index contributed by atoms with van der Waals surface area (Å²) in [5.74, 6) is 0.0854. The number of pyridine rings is 1. The van der Waals surface area contributed by atoms with Gasteiger partial charge in [-0.05, 0) is 0 Å². The van der Waals surface area contributed by atoms with Crippen molar-refractivity contribution in [2.24, 2.45) is 0 Å². The Balaban J connectivity index is 2.03. The first-order valence-corrected chi connectivity index (χ1v) is 5.70. The van der Waals surface area contributed by atoms with Crippen molar-refractivity contribution in [1.82, 2.24) is 10.3 Å². The zero-order chi connectivity index (χ0) is 13.7. The van der Waals surface area contributed by atoms with E-state index in [4.69, 9.17) is 14.7 Å². The molecule has 1 fully saturated rings. The Hall–Kier alpha value is -2.24. The summed E-state index contributed by atoms with van der Waals surface area (Å²) in [4.78, 5) is 13.8. The van der Waals surface area contributed by atoms with Crippen LogP contribution in [0, 0.1) is 21.4 Å². The molecule has 0 radical (unpaired) electrons. The standard InChI is InChI=1S/C11H12N4O4/c12-4-8-3-9(15(16)17)5-14-11(8)19-7-10-6-13-1-2-18-10/h3,5,10,13H,1-2,6-7H2. The lowest BCUT2D eigenvalue weighted by molar-refractivity contribution is -0.385. The molecule has 0 spiro atoms. The fraction of sp³-hybridized carbons (Fsp3) is 0.455. The van der Waals surface area contributed by atoms with E-state index in [-0.39, 0.29) is 29.8 Å². The second-order valence-electron chi connectivity index (χ2n) is 3.92. The van der Waals surface area contributed by atoms with Crippen LogP contribution in [0.4, 0.5) is 5.69 Å². The van der Waals surface area contributed by atoms with Crippen LogP contribution in [-0.4, -0.2) is 42.3 Å². The number of rotatable bonds is 4. The number of nitriles is 1. The summed E-state index contributed by atoms with van der Waals surface area (Å²) in [5, 5.41) is 22.6. The first kappa shape index (κ1) is 13.2. The number of ether oxygens (including phenoxy) is 2. The molecule has 19 heavy (non-hydrogen) atoms. The maximum absolute atomic E-state index is 10.6. The highest BCUT2D eigenvalue weighted by Crippen LogP contribution is 2.20. The van der Waals surface area contributed by atoms with E-state index >= 15 is 0 Å². The molecule has 1 atom stereocenters. The molecule has 0 amide bonds. The van der Waals surface area contributed by atoms with Gasteiger partial charge < -0.3 is 14.8 Å². The lowest BCUT2D eigenvalue weighted by Crippen LogP contribution is -2.41. The highest BCUT2D eigenvalue weighted by molar-refractivity contribution is 5.44. The summed E-state index contributed by atoms with van der Waals surface area (Å²) in [7, 11) is 0. The van der Waals surface area contributed by atoms with Gasteiger partial charge in [0.15, 0.2) is 0 Å². The predicted molar refractivity (Wildman–Crippen MR) is 63.7 cm³/mol. The third-order valence-electron chi connectivity index (χ3n) is 2.58. The van der Waals surface area contributed by atoms with E-state index in [2.05, 4.69) is 10.3 Å². The van der Waals surface area contributed by atoms with Gasteiger partial charge in [0, 0.05) is 19.2 Å². The Labute approximate surface area is 109 Å². The summed E-state index contributed by atoms with van der Waals surface area (Å²) in [6, 6.07) is 2.97. The Morgan fingerprint density at radius 1 is 1.74 bits per heavy atom. The first-order chi connectivity index (χ1) is 9.20. The van der Waals surface area contributed by atoms with Crippen LogP contribution in [0.3, 0.4) is 0 Å². The molecular formula is C11H12N4O4. The highest BCUT2D eigenvalue weighted by atomic mass is 16.6. The van der Waals surface area contributed by atoms with Crippen molar-refractivity contribution in [2.45, 2.75) is 6.10 Å². The molecule has 1 aromatic heterocycles. The Bertz CT molecular complexity index is 508. The van der Waals surface area contributed by atoms with Crippen LogP contribution in [0.5, 0.6) is 5.88 Å². The van der Waals surface area contributed by atoms with Crippen LogP contribution >= 0.6 is 0 Å². The van der Waals surface area contributed by atoms with Crippen molar-refractivity contribution in [3.05, 3.63) is 27.9 Å². The molecule has 0 aromatic carbocycles. The molecule has 1 aromatic rings. The average Bonchev–Trinajstić information content (AvgIpc) is 2.45. The van der Waals surface area contributed by atoms with Gasteiger partial charge in [-0.3, -0.25) is 10.1 Å². The maximum Gasteiger partial charge on any atom is 0.289 e. The molecule has 8 heteroatoms. The van der Waals surface area contributed by atoms with Crippen molar-refractivity contribution in [2.75, 3.05) is 26.3 Å². The van der Waals surface area contributed by atoms with E-state index in [1.165, 1.54) is 0 Å². The van der Waals surface area contributed by atoms with E-state index in [1.54, 1.807) is 0 Å². The molecule has 2 heterocycles. The monoisotopic (exact) mass is 264 g/mol. The predicted octanol–water partition coefficient (Wildman–Crippen LogP) is 0.229. The van der Waals surface area contributed by atoms with Gasteiger partial charge in [-0.15, -0.1) is 0 Å². The smallest absolute Gasteiger partial charge is 0.289 e. The Morgan fingerprint density at radius 3 is 3.21 bits per heavy atom. The highest BCUT2D eigenvalue weighted by Gasteiger charge is 2.17. The largest absolute Gasteiger partial charge is 0.474 e. The summed E-state index contributed by atoms with van der Waals surface area (Å²) in [5.41, 5.74) is -0.197. The van der Waals surface area contributed by atoms with Gasteiger partial charge in [-0.25, -0.2) is 4.98 Å². The van der Waals surface area contributed by atoms with Crippen molar-refractivity contribution in [1.29, 1.82) is 5.26 Å². The number of hydrogen-bond donors (Lipinski definition) is 1. The number of aromatic nitrogens is 1. The van der Waals surface area contributed by atoms with Crippen molar-refractivity contribution in [3.63, 3.8) is 0 Å². The normalized spacial score (nSPS) is 18.6. The van der Waals surface area contributed by atoms with Crippen molar-refractivity contribution >= 4 is 5.69 Å². The number of nitrogens with one attached hydrogen (secondary N) is 1. The average molecular weight is 264 g/mol. The molecule has 1 aliphatic rings. The summed E-state index contributed by atoms with van der Waals surface area (Å²) in [6.45, 7) is 2.31. The minimum Gasteiger partial charge on any atom is -0.474 e. The Morgan fingerprint density at radius 2 is 2.58 bits per heavy atom. The molecule has 1 unspecified atom stereocenters. The lowest BCUT2D eigenvalue weighted by atomic mass is 10.2. The lowest BCUT2D eigenvalue weighted by Gasteiger charge is -2.23. The van der Waals surface area contributed by atoms with Crippen LogP contribution in [0.25, 0.3) is 0 Å². The van der Waals surface area contributed by atoms with Crippen LogP contribution in [0.2, 0.25) is 0 Å². The van der Waals surface area contributed by atoms with E-state index in [0.29, 0.717) is 13.2 Å². The summed E-state index contributed by atoms with van der Waals surface area (Å²) < 4.78 is 10.8. The zero-order valence-corrected chi connectivity index (χ0v) is 10.0. The number of nitro groups is 1. The van der Waals surface area contributed by atoms with Gasteiger partial charge in [-0.1, -0.05) is 0 Å². The minimum absolute atomic E-state index is 0.0398. The molecule has 0 saturated carbocycles. The van der Waals surface area contributed by atoms with E-state index in [9.17, 15) is 10.1 Å². The molecule has 2 rings (SSSR count). The number of nitrogens with zero attached hydrogens (tertiary/aromatic N) is 3. The minimum atomic E-state index is -0.605. The number of hydrogen-bond acceptors (Lipinski definition) is 7. The topological polar surface area (TPSA) is 110 Å². The first-order valence-electron chi connectivity index (χ1n) is 5.70. The molecule has 8 nitrogen and oxygen atoms in total. The van der Waals surface area contributed by atoms with Crippen LogP contribution in [-0.2, 0) is 4.74 Å². The second-order valence-corrected chi connectivity index (χ2v) is 3.92. The van der Waals surface area contributed by atoms with E-state index in [0.717, 1.165) is 18.8 Å². The van der Waals surface area contributed by atoms with Crippen molar-refractivity contribution in [3.8, 4) is 11.9 Å². The maximum atomic E-state index is 10.6. The van der Waals surface area contributed by atoms with Gasteiger partial charge in [-0.2, -0.15) is 5.26 Å². The quantitative estimate of drug-likeness (QED) is 0.612. The zero-order valence-electron chi connectivity index (χ0n) is 10.0. The van der Waals surface area contributed by atoms with Crippen molar-refractivity contribution < 1.29 is 14.4 Å². The molecule has 1 saturated heterocycles. The van der Waals surface area contributed by atoms with Gasteiger partial charge >= 0.3 is 0 Å². The SMILES string of the molecule is N#Cc1cc([N+](=O)[O-])cnc1OCC1CNCCO1. The molecule has 0 aliphatic carbocycles. The Kier molecular flexibility index (Phi) is 4.22. The number of morpholine rings is 1. The van der Waals surface area contributed by atoms with Gasteiger partial charge in [0.25, 0.3) is 5.69 Å². The molecule has 100 valence electrons. The molecule has 1 N–H and O–H groups in total. The van der Waals surface area contributed by atoms with E-state index < -0.39 is 4.92 Å².